The van der Waals surface area contributed by atoms with Crippen LogP contribution in [0.15, 0.2) is 12.2 Å². The van der Waals surface area contributed by atoms with E-state index in [9.17, 15) is 14.4 Å². The zero-order valence-corrected chi connectivity index (χ0v) is 18.4. The Morgan fingerprint density at radius 2 is 2.00 bits per heavy atom. The summed E-state index contributed by atoms with van der Waals surface area (Å²) in [5, 5.41) is 14.8. The highest BCUT2D eigenvalue weighted by atomic mass is 32.2. The zero-order valence-electron chi connectivity index (χ0n) is 17.6. The van der Waals surface area contributed by atoms with Crippen LogP contribution in [-0.2, 0) is 28.6 Å². The minimum absolute atomic E-state index is 0.133. The van der Waals surface area contributed by atoms with Gasteiger partial charge in [0.15, 0.2) is 0 Å². The monoisotopic (exact) mass is 444 g/mol. The number of ether oxygens (including phenoxy) is 3. The zero-order chi connectivity index (χ0) is 22.0. The molecule has 2 heterocycles. The summed E-state index contributed by atoms with van der Waals surface area (Å²) in [6.45, 7) is 7.51. The molecule has 2 aliphatic rings. The number of carbonyl (C=O) groups is 3. The van der Waals surface area contributed by atoms with Gasteiger partial charge in [0, 0.05) is 43.2 Å². The highest BCUT2D eigenvalue weighted by Gasteiger charge is 2.50. The summed E-state index contributed by atoms with van der Waals surface area (Å²) in [6.07, 6.45) is 4.34. The normalized spacial score (nSPS) is 26.1. The molecular formula is C20H32N2O7S. The molecule has 1 spiro atoms. The molecule has 1 unspecified atom stereocenters. The Bertz CT molecular complexity index is 641. The van der Waals surface area contributed by atoms with Gasteiger partial charge in [0.1, 0.15) is 0 Å². The molecule has 2 fully saturated rings. The Morgan fingerprint density at radius 1 is 1.23 bits per heavy atom. The molecule has 2 saturated heterocycles. The predicted molar refractivity (Wildman–Crippen MR) is 112 cm³/mol. The van der Waals surface area contributed by atoms with Crippen molar-refractivity contribution in [1.82, 2.24) is 10.6 Å². The van der Waals surface area contributed by atoms with Crippen LogP contribution in [0.5, 0.6) is 0 Å². The second-order valence-electron chi connectivity index (χ2n) is 8.04. The maximum Gasteiger partial charge on any atom is 0.329 e. The van der Waals surface area contributed by atoms with Gasteiger partial charge in [-0.3, -0.25) is 9.59 Å². The van der Waals surface area contributed by atoms with E-state index >= 15 is 0 Å². The molecule has 0 aromatic carbocycles. The van der Waals surface area contributed by atoms with Gasteiger partial charge in [0.2, 0.25) is 5.12 Å². The predicted octanol–water partition coefficient (Wildman–Crippen LogP) is 1.28. The molecule has 0 radical (unpaired) electrons. The number of carboxylic acids is 1. The molecule has 10 heteroatoms. The third kappa shape index (κ3) is 8.35. The van der Waals surface area contributed by atoms with E-state index in [1.54, 1.807) is 0 Å². The van der Waals surface area contributed by atoms with Gasteiger partial charge in [-0.25, -0.2) is 4.79 Å². The van der Waals surface area contributed by atoms with Crippen LogP contribution in [0, 0.1) is 5.41 Å². The van der Waals surface area contributed by atoms with E-state index in [1.165, 1.54) is 0 Å². The van der Waals surface area contributed by atoms with Crippen molar-refractivity contribution in [1.29, 1.82) is 0 Å². The van der Waals surface area contributed by atoms with Gasteiger partial charge < -0.3 is 30.0 Å². The van der Waals surface area contributed by atoms with Gasteiger partial charge in [0.05, 0.1) is 12.7 Å². The fraction of sp³-hybridized carbons (Fsp3) is 0.750. The molecule has 2 rings (SSSR count). The van der Waals surface area contributed by atoms with Crippen molar-refractivity contribution in [2.24, 2.45) is 5.41 Å². The number of aliphatic carboxylic acids is 1. The van der Waals surface area contributed by atoms with Crippen molar-refractivity contribution in [3.05, 3.63) is 12.2 Å². The lowest BCUT2D eigenvalue weighted by atomic mass is 9.86. The number of hydrogen-bond acceptors (Lipinski definition) is 9. The summed E-state index contributed by atoms with van der Waals surface area (Å²) in [7, 11) is 0. The molecule has 30 heavy (non-hydrogen) atoms. The Hall–Kier alpha value is -1.46. The minimum Gasteiger partial charge on any atom is -0.478 e. The standard InChI is InChI=1S/C20H32N2O7S/c1-19(2)14-27-20(8-3-5-17(25)29-20)28-15(19)13-22-10-4-9-21-11-12-30-18(26)7-6-16(23)24/h6-7,15,21-22H,3-5,8-14H2,1-2H3,(H,23,24)/b7-6+/t15-,20?/m0/s1. The molecule has 3 N–H and O–H groups in total. The number of thioether (sulfide) groups is 1. The Balaban J connectivity index is 1.57. The lowest BCUT2D eigenvalue weighted by Crippen LogP contribution is -2.58. The first-order valence-corrected chi connectivity index (χ1v) is 11.2. The van der Waals surface area contributed by atoms with Crippen LogP contribution in [0.2, 0.25) is 0 Å². The van der Waals surface area contributed by atoms with Crippen molar-refractivity contribution in [2.45, 2.75) is 51.6 Å². The van der Waals surface area contributed by atoms with Gasteiger partial charge in [-0.05, 0) is 32.0 Å². The van der Waals surface area contributed by atoms with Crippen LogP contribution in [0.3, 0.4) is 0 Å². The molecule has 9 nitrogen and oxygen atoms in total. The topological polar surface area (TPSA) is 123 Å². The molecule has 2 aliphatic heterocycles. The number of carbonyl (C=O) groups excluding carboxylic acids is 2. The first-order chi connectivity index (χ1) is 14.2. The van der Waals surface area contributed by atoms with Gasteiger partial charge >= 0.3 is 17.9 Å². The van der Waals surface area contributed by atoms with Gasteiger partial charge in [-0.1, -0.05) is 25.6 Å². The Labute approximate surface area is 181 Å². The SMILES string of the molecule is CC1(C)COC2(CCCC(=O)O2)O[C@H]1CNCCCNCCSC(=O)/C=C/C(=O)O. The molecule has 0 aliphatic carbocycles. The summed E-state index contributed by atoms with van der Waals surface area (Å²) in [6, 6.07) is 0. The highest BCUT2D eigenvalue weighted by molar-refractivity contribution is 8.14. The molecule has 170 valence electrons. The van der Waals surface area contributed by atoms with Crippen molar-refractivity contribution >= 4 is 28.8 Å². The summed E-state index contributed by atoms with van der Waals surface area (Å²) in [5.74, 6) is -2.05. The molecule has 0 aromatic heterocycles. The van der Waals surface area contributed by atoms with Crippen LogP contribution in [-0.4, -0.2) is 72.8 Å². The van der Waals surface area contributed by atoms with E-state index in [0.29, 0.717) is 44.7 Å². The van der Waals surface area contributed by atoms with Gasteiger partial charge in [-0.15, -0.1) is 0 Å². The second-order valence-corrected chi connectivity index (χ2v) is 9.14. The van der Waals surface area contributed by atoms with E-state index in [2.05, 4.69) is 24.5 Å². The summed E-state index contributed by atoms with van der Waals surface area (Å²) in [5.41, 5.74) is -0.195. The number of esters is 1. The molecule has 0 amide bonds. The summed E-state index contributed by atoms with van der Waals surface area (Å²) >= 11 is 1.08. The first-order valence-electron chi connectivity index (χ1n) is 10.3. The third-order valence-electron chi connectivity index (χ3n) is 4.91. The number of nitrogens with one attached hydrogen (secondary N) is 2. The number of hydrogen-bond donors (Lipinski definition) is 3. The van der Waals surface area contributed by atoms with Gasteiger partial charge in [-0.2, -0.15) is 0 Å². The van der Waals surface area contributed by atoms with E-state index < -0.39 is 11.9 Å². The molecular weight excluding hydrogens is 412 g/mol. The van der Waals surface area contributed by atoms with Crippen molar-refractivity contribution in [3.8, 4) is 0 Å². The fourth-order valence-electron chi connectivity index (χ4n) is 3.13. The van der Waals surface area contributed by atoms with E-state index in [0.717, 1.165) is 43.4 Å². The quantitative estimate of drug-likeness (QED) is 0.244. The average molecular weight is 445 g/mol. The smallest absolute Gasteiger partial charge is 0.329 e. The summed E-state index contributed by atoms with van der Waals surface area (Å²) < 4.78 is 17.3. The molecule has 0 saturated carbocycles. The van der Waals surface area contributed by atoms with Crippen LogP contribution in [0.4, 0.5) is 0 Å². The average Bonchev–Trinajstić information content (AvgIpc) is 2.68. The van der Waals surface area contributed by atoms with Crippen molar-refractivity contribution < 1.29 is 33.7 Å². The third-order valence-corrected chi connectivity index (χ3v) is 5.74. The largest absolute Gasteiger partial charge is 0.478 e. The Morgan fingerprint density at radius 3 is 2.73 bits per heavy atom. The lowest BCUT2D eigenvalue weighted by molar-refractivity contribution is -0.427. The fourth-order valence-corrected chi connectivity index (χ4v) is 3.75. The van der Waals surface area contributed by atoms with E-state index in [-0.39, 0.29) is 22.6 Å². The number of carboxylic acid groups (broad SMARTS) is 1. The molecule has 2 atom stereocenters. The minimum atomic E-state index is -1.23. The van der Waals surface area contributed by atoms with Crippen LogP contribution in [0.25, 0.3) is 0 Å². The summed E-state index contributed by atoms with van der Waals surface area (Å²) in [4.78, 5) is 33.4. The van der Waals surface area contributed by atoms with Crippen LogP contribution >= 0.6 is 11.8 Å². The second kappa shape index (κ2) is 11.8. The molecule has 0 bridgehead atoms. The maximum atomic E-state index is 11.7. The Kier molecular flexibility index (Phi) is 9.76. The molecule has 0 aromatic rings. The highest BCUT2D eigenvalue weighted by Crippen LogP contribution is 2.40. The lowest BCUT2D eigenvalue weighted by Gasteiger charge is -2.48. The van der Waals surface area contributed by atoms with E-state index in [1.807, 2.05) is 0 Å². The van der Waals surface area contributed by atoms with Gasteiger partial charge in [0.25, 0.3) is 0 Å². The first kappa shape index (κ1) is 24.8. The number of rotatable bonds is 11. The van der Waals surface area contributed by atoms with Crippen LogP contribution < -0.4 is 10.6 Å². The maximum absolute atomic E-state index is 11.7. The van der Waals surface area contributed by atoms with Crippen molar-refractivity contribution in [3.63, 3.8) is 0 Å². The van der Waals surface area contributed by atoms with Crippen LogP contribution in [0.1, 0.15) is 39.5 Å². The van der Waals surface area contributed by atoms with Crippen molar-refractivity contribution in [2.75, 3.05) is 38.5 Å². The van der Waals surface area contributed by atoms with E-state index in [4.69, 9.17) is 19.3 Å².